The van der Waals surface area contributed by atoms with Gasteiger partial charge in [-0.25, -0.2) is 9.97 Å². The predicted molar refractivity (Wildman–Crippen MR) is 72.4 cm³/mol. The minimum Gasteiger partial charge on any atom is -0.356 e. The van der Waals surface area contributed by atoms with E-state index in [0.717, 1.165) is 38.1 Å². The summed E-state index contributed by atoms with van der Waals surface area (Å²) in [5.74, 6) is 2.09. The van der Waals surface area contributed by atoms with Gasteiger partial charge in [0, 0.05) is 13.1 Å². The molecule has 0 amide bonds. The minimum absolute atomic E-state index is 0.255. The molecule has 2 rings (SSSR count). The fraction of sp³-hybridized carbons (Fsp3) is 0.615. The highest BCUT2D eigenvalue weighted by molar-refractivity contribution is 6.32. The SMILES string of the molecule is CCC1CCN(c2nc(C)nc(Cl)c2C=O)CC1. The lowest BCUT2D eigenvalue weighted by atomic mass is 9.94. The Hall–Kier alpha value is -1.16. The predicted octanol–water partition coefficient (Wildman–Crippen LogP) is 2.88. The lowest BCUT2D eigenvalue weighted by molar-refractivity contribution is 0.112. The first kappa shape index (κ1) is 13.3. The quantitative estimate of drug-likeness (QED) is 0.624. The third kappa shape index (κ3) is 2.64. The molecule has 1 aliphatic heterocycles. The van der Waals surface area contributed by atoms with Crippen LogP contribution in [0.1, 0.15) is 42.4 Å². The van der Waals surface area contributed by atoms with Crippen molar-refractivity contribution < 1.29 is 4.79 Å². The Morgan fingerprint density at radius 1 is 1.39 bits per heavy atom. The molecule has 0 aromatic carbocycles. The Kier molecular flexibility index (Phi) is 4.17. The van der Waals surface area contributed by atoms with E-state index in [2.05, 4.69) is 21.8 Å². The van der Waals surface area contributed by atoms with Crippen LogP contribution in [0.15, 0.2) is 0 Å². The van der Waals surface area contributed by atoms with Gasteiger partial charge in [-0.2, -0.15) is 0 Å². The van der Waals surface area contributed by atoms with Gasteiger partial charge in [0.15, 0.2) is 6.29 Å². The van der Waals surface area contributed by atoms with Gasteiger partial charge >= 0.3 is 0 Å². The van der Waals surface area contributed by atoms with Crippen LogP contribution in [0, 0.1) is 12.8 Å². The van der Waals surface area contributed by atoms with Crippen molar-refractivity contribution in [3.8, 4) is 0 Å². The van der Waals surface area contributed by atoms with Crippen LogP contribution in [0.4, 0.5) is 5.82 Å². The summed E-state index contributed by atoms with van der Waals surface area (Å²) in [7, 11) is 0. The molecule has 0 spiro atoms. The normalized spacial score (nSPS) is 16.9. The third-order valence-corrected chi connectivity index (χ3v) is 3.89. The van der Waals surface area contributed by atoms with Crippen LogP contribution in [0.3, 0.4) is 0 Å². The Morgan fingerprint density at radius 3 is 2.61 bits per heavy atom. The topological polar surface area (TPSA) is 46.1 Å². The molecule has 0 saturated carbocycles. The lowest BCUT2D eigenvalue weighted by Gasteiger charge is -2.33. The second kappa shape index (κ2) is 5.65. The number of nitrogens with zero attached hydrogens (tertiary/aromatic N) is 3. The molecule has 0 bridgehead atoms. The van der Waals surface area contributed by atoms with Gasteiger partial charge in [-0.05, 0) is 25.7 Å². The zero-order valence-corrected chi connectivity index (χ0v) is 11.6. The van der Waals surface area contributed by atoms with E-state index in [1.165, 1.54) is 6.42 Å². The molecule has 1 fully saturated rings. The summed E-state index contributed by atoms with van der Waals surface area (Å²) < 4.78 is 0. The Morgan fingerprint density at radius 2 is 2.06 bits per heavy atom. The molecule has 0 atom stereocenters. The molecule has 2 heterocycles. The van der Waals surface area contributed by atoms with Gasteiger partial charge in [0.1, 0.15) is 16.8 Å². The van der Waals surface area contributed by atoms with Crippen LogP contribution in [0.25, 0.3) is 0 Å². The number of carbonyl (C=O) groups excluding carboxylic acids is 1. The van der Waals surface area contributed by atoms with Crippen LogP contribution >= 0.6 is 11.6 Å². The van der Waals surface area contributed by atoms with Gasteiger partial charge in [-0.3, -0.25) is 4.79 Å². The van der Waals surface area contributed by atoms with E-state index in [9.17, 15) is 4.79 Å². The maximum absolute atomic E-state index is 11.1. The molecule has 1 saturated heterocycles. The summed E-state index contributed by atoms with van der Waals surface area (Å²) in [5.41, 5.74) is 0.414. The summed E-state index contributed by atoms with van der Waals surface area (Å²) in [5, 5.41) is 0.255. The maximum atomic E-state index is 11.1. The summed E-state index contributed by atoms with van der Waals surface area (Å²) in [4.78, 5) is 21.7. The molecule has 0 unspecified atom stereocenters. The molecule has 4 nitrogen and oxygen atoms in total. The fourth-order valence-electron chi connectivity index (χ4n) is 2.43. The second-order valence-electron chi connectivity index (χ2n) is 4.76. The monoisotopic (exact) mass is 267 g/mol. The minimum atomic E-state index is 0.255. The maximum Gasteiger partial charge on any atom is 0.156 e. The van der Waals surface area contributed by atoms with Crippen LogP contribution < -0.4 is 4.90 Å². The molecule has 5 heteroatoms. The van der Waals surface area contributed by atoms with Crippen molar-refractivity contribution in [1.82, 2.24) is 9.97 Å². The molecule has 98 valence electrons. The molecule has 18 heavy (non-hydrogen) atoms. The van der Waals surface area contributed by atoms with Crippen molar-refractivity contribution in [3.05, 3.63) is 16.5 Å². The number of aryl methyl sites for hydroxylation is 1. The van der Waals surface area contributed by atoms with Gasteiger partial charge in [0.25, 0.3) is 0 Å². The van der Waals surface area contributed by atoms with Crippen molar-refractivity contribution >= 4 is 23.7 Å². The third-order valence-electron chi connectivity index (χ3n) is 3.60. The first-order valence-electron chi connectivity index (χ1n) is 6.40. The average molecular weight is 268 g/mol. The van der Waals surface area contributed by atoms with Gasteiger partial charge in [0.2, 0.25) is 0 Å². The Labute approximate surface area is 112 Å². The average Bonchev–Trinajstić information content (AvgIpc) is 2.38. The fourth-order valence-corrected chi connectivity index (χ4v) is 2.68. The van der Waals surface area contributed by atoms with Crippen molar-refractivity contribution in [2.75, 3.05) is 18.0 Å². The van der Waals surface area contributed by atoms with Crippen molar-refractivity contribution in [3.63, 3.8) is 0 Å². The second-order valence-corrected chi connectivity index (χ2v) is 5.11. The molecule has 0 aliphatic carbocycles. The molecule has 1 aromatic rings. The number of hydrogen-bond acceptors (Lipinski definition) is 4. The number of halogens is 1. The summed E-state index contributed by atoms with van der Waals surface area (Å²) in [6.07, 6.45) is 4.27. The van der Waals surface area contributed by atoms with Crippen LogP contribution in [-0.4, -0.2) is 29.3 Å². The van der Waals surface area contributed by atoms with Crippen LogP contribution in [-0.2, 0) is 0 Å². The van der Waals surface area contributed by atoms with E-state index in [1.54, 1.807) is 6.92 Å². The van der Waals surface area contributed by atoms with E-state index in [-0.39, 0.29) is 5.15 Å². The van der Waals surface area contributed by atoms with Gasteiger partial charge < -0.3 is 4.90 Å². The number of anilines is 1. The Balaban J connectivity index is 2.25. The molecule has 0 N–H and O–H groups in total. The highest BCUT2D eigenvalue weighted by atomic mass is 35.5. The summed E-state index contributed by atoms with van der Waals surface area (Å²) in [6.45, 7) is 5.89. The lowest BCUT2D eigenvalue weighted by Crippen LogP contribution is -2.35. The number of carbonyl (C=O) groups is 1. The van der Waals surface area contributed by atoms with Crippen LogP contribution in [0.5, 0.6) is 0 Å². The first-order chi connectivity index (χ1) is 8.65. The molecule has 1 aliphatic rings. The molecular weight excluding hydrogens is 250 g/mol. The molecule has 0 radical (unpaired) electrons. The Bertz CT molecular complexity index is 442. The zero-order chi connectivity index (χ0) is 13.1. The zero-order valence-electron chi connectivity index (χ0n) is 10.8. The number of aldehydes is 1. The number of hydrogen-bond donors (Lipinski definition) is 0. The van der Waals surface area contributed by atoms with Gasteiger partial charge in [0.05, 0.1) is 5.56 Å². The summed E-state index contributed by atoms with van der Waals surface area (Å²) in [6, 6.07) is 0. The smallest absolute Gasteiger partial charge is 0.156 e. The standard InChI is InChI=1S/C13H18ClN3O/c1-3-10-4-6-17(7-5-10)13-11(8-18)12(14)15-9(2)16-13/h8,10H,3-7H2,1-2H3. The van der Waals surface area contributed by atoms with E-state index in [1.807, 2.05) is 0 Å². The van der Waals surface area contributed by atoms with E-state index in [0.29, 0.717) is 17.2 Å². The van der Waals surface area contributed by atoms with Crippen LogP contribution in [0.2, 0.25) is 5.15 Å². The van der Waals surface area contributed by atoms with Gasteiger partial charge in [-0.15, -0.1) is 0 Å². The van der Waals surface area contributed by atoms with E-state index >= 15 is 0 Å². The van der Waals surface area contributed by atoms with E-state index < -0.39 is 0 Å². The summed E-state index contributed by atoms with van der Waals surface area (Å²) >= 11 is 6.00. The molecular formula is C13H18ClN3O. The highest BCUT2D eigenvalue weighted by Gasteiger charge is 2.22. The van der Waals surface area contributed by atoms with Crippen molar-refractivity contribution in [2.24, 2.45) is 5.92 Å². The molecule has 1 aromatic heterocycles. The van der Waals surface area contributed by atoms with Crippen molar-refractivity contribution in [2.45, 2.75) is 33.1 Å². The first-order valence-corrected chi connectivity index (χ1v) is 6.77. The van der Waals surface area contributed by atoms with E-state index in [4.69, 9.17) is 11.6 Å². The number of rotatable bonds is 3. The number of aromatic nitrogens is 2. The number of piperidine rings is 1. The highest BCUT2D eigenvalue weighted by Crippen LogP contribution is 2.28. The van der Waals surface area contributed by atoms with Gasteiger partial charge in [-0.1, -0.05) is 24.9 Å². The largest absolute Gasteiger partial charge is 0.356 e. The van der Waals surface area contributed by atoms with Crippen molar-refractivity contribution in [1.29, 1.82) is 0 Å².